The molecule has 3 N–H and O–H groups in total. The number of amides is 1. The number of nitrogens with one attached hydrogen (secondary N) is 1. The van der Waals surface area contributed by atoms with Gasteiger partial charge in [0, 0.05) is 6.54 Å². The zero-order valence-corrected chi connectivity index (χ0v) is 11.2. The summed E-state index contributed by atoms with van der Waals surface area (Å²) in [7, 11) is 0. The molecule has 0 unspecified atom stereocenters. The Balaban J connectivity index is 0. The summed E-state index contributed by atoms with van der Waals surface area (Å²) in [6, 6.07) is -0.848. The first-order chi connectivity index (χ1) is 7.51. The Morgan fingerprint density at radius 2 is 1.88 bits per heavy atom. The molecule has 102 valence electrons. The average molecular weight is 269 g/mol. The molecule has 0 aliphatic carbocycles. The van der Waals surface area contributed by atoms with E-state index in [1.807, 2.05) is 13.8 Å². The van der Waals surface area contributed by atoms with Crippen molar-refractivity contribution in [3.63, 3.8) is 0 Å². The number of nitrogens with two attached hydrogens (primary N) is 1. The van der Waals surface area contributed by atoms with Crippen LogP contribution in [0.4, 0.5) is 4.79 Å². The maximum atomic E-state index is 11.3. The largest absolute Gasteiger partial charge is 0.464 e. The fraction of sp³-hybridized carbons (Fsp3) is 0.800. The molecule has 0 aromatic heterocycles. The summed E-state index contributed by atoms with van der Waals surface area (Å²) in [5.74, 6) is -0.309. The molecule has 17 heavy (non-hydrogen) atoms. The standard InChI is InChI=1S/C10H20N2O4.ClH/c1-4-15-9(13)8(5-11)12-10(14)16-6-7(2)3;/h7-8H,4-6,11H2,1-3H3,(H,12,14);1H/t8-;/m0./s1. The predicted molar refractivity (Wildman–Crippen MR) is 66.0 cm³/mol. The molecule has 0 saturated carbocycles. The fourth-order valence-electron chi connectivity index (χ4n) is 0.883. The third kappa shape index (κ3) is 8.76. The van der Waals surface area contributed by atoms with E-state index in [2.05, 4.69) is 5.32 Å². The van der Waals surface area contributed by atoms with E-state index in [1.165, 1.54) is 0 Å². The summed E-state index contributed by atoms with van der Waals surface area (Å²) >= 11 is 0. The number of alkyl carbamates (subject to hydrolysis) is 1. The molecule has 0 aromatic carbocycles. The smallest absolute Gasteiger partial charge is 0.407 e. The van der Waals surface area contributed by atoms with Crippen molar-refractivity contribution >= 4 is 24.5 Å². The summed E-state index contributed by atoms with van der Waals surface area (Å²) < 4.78 is 9.58. The molecule has 1 amide bonds. The zero-order valence-electron chi connectivity index (χ0n) is 10.4. The SMILES string of the molecule is CCOC(=O)[C@H](CN)NC(=O)OCC(C)C.Cl. The van der Waals surface area contributed by atoms with Gasteiger partial charge in [0.25, 0.3) is 0 Å². The highest BCUT2D eigenvalue weighted by atomic mass is 35.5. The number of halogens is 1. The van der Waals surface area contributed by atoms with Crippen molar-refractivity contribution in [2.24, 2.45) is 11.7 Å². The number of carbonyl (C=O) groups excluding carboxylic acids is 2. The Labute approximate surface area is 108 Å². The lowest BCUT2D eigenvalue weighted by Crippen LogP contribution is -2.47. The lowest BCUT2D eigenvalue weighted by Gasteiger charge is -2.15. The van der Waals surface area contributed by atoms with E-state index in [9.17, 15) is 9.59 Å². The highest BCUT2D eigenvalue weighted by Gasteiger charge is 2.20. The number of rotatable bonds is 6. The summed E-state index contributed by atoms with van der Waals surface area (Å²) in [4.78, 5) is 22.5. The van der Waals surface area contributed by atoms with E-state index in [1.54, 1.807) is 6.92 Å². The molecule has 0 saturated heterocycles. The second kappa shape index (κ2) is 10.2. The first-order valence-electron chi connectivity index (χ1n) is 5.31. The number of hydrogen-bond donors (Lipinski definition) is 2. The van der Waals surface area contributed by atoms with Gasteiger partial charge in [0.2, 0.25) is 0 Å². The van der Waals surface area contributed by atoms with Crippen LogP contribution in [-0.4, -0.2) is 37.9 Å². The molecule has 0 radical (unpaired) electrons. The van der Waals surface area contributed by atoms with Gasteiger partial charge in [-0.1, -0.05) is 13.8 Å². The van der Waals surface area contributed by atoms with Gasteiger partial charge < -0.3 is 20.5 Å². The third-order valence-corrected chi connectivity index (χ3v) is 1.65. The van der Waals surface area contributed by atoms with E-state index in [0.717, 1.165) is 0 Å². The summed E-state index contributed by atoms with van der Waals surface area (Å²) in [6.07, 6.45) is -0.655. The third-order valence-electron chi connectivity index (χ3n) is 1.65. The minimum absolute atomic E-state index is 0. The first-order valence-corrected chi connectivity index (χ1v) is 5.31. The Kier molecular flexibility index (Phi) is 11.0. The molecular formula is C10H21ClN2O4. The van der Waals surface area contributed by atoms with E-state index in [0.29, 0.717) is 6.61 Å². The van der Waals surface area contributed by atoms with Crippen LogP contribution in [0.25, 0.3) is 0 Å². The van der Waals surface area contributed by atoms with Gasteiger partial charge in [-0.05, 0) is 12.8 Å². The highest BCUT2D eigenvalue weighted by Crippen LogP contribution is 1.94. The molecule has 0 fully saturated rings. The van der Waals surface area contributed by atoms with Gasteiger partial charge >= 0.3 is 12.1 Å². The quantitative estimate of drug-likeness (QED) is 0.692. The van der Waals surface area contributed by atoms with Gasteiger partial charge in [0.1, 0.15) is 6.04 Å². The van der Waals surface area contributed by atoms with Crippen molar-refractivity contribution in [1.29, 1.82) is 0 Å². The Morgan fingerprint density at radius 3 is 2.29 bits per heavy atom. The van der Waals surface area contributed by atoms with Crippen LogP contribution in [-0.2, 0) is 14.3 Å². The number of esters is 1. The maximum Gasteiger partial charge on any atom is 0.407 e. The van der Waals surface area contributed by atoms with Crippen molar-refractivity contribution in [3.8, 4) is 0 Å². The first kappa shape index (κ1) is 18.4. The van der Waals surface area contributed by atoms with Crippen LogP contribution in [0.5, 0.6) is 0 Å². The maximum absolute atomic E-state index is 11.3. The van der Waals surface area contributed by atoms with Crippen LogP contribution >= 0.6 is 12.4 Å². The normalized spacial score (nSPS) is 11.4. The van der Waals surface area contributed by atoms with E-state index in [4.69, 9.17) is 15.2 Å². The van der Waals surface area contributed by atoms with Crippen molar-refractivity contribution in [2.75, 3.05) is 19.8 Å². The van der Waals surface area contributed by atoms with Gasteiger partial charge in [-0.15, -0.1) is 12.4 Å². The van der Waals surface area contributed by atoms with E-state index >= 15 is 0 Å². The monoisotopic (exact) mass is 268 g/mol. The van der Waals surface area contributed by atoms with Crippen molar-refractivity contribution in [1.82, 2.24) is 5.32 Å². The summed E-state index contributed by atoms with van der Waals surface area (Å²) in [5, 5.41) is 2.35. The topological polar surface area (TPSA) is 90.6 Å². The molecule has 6 nitrogen and oxygen atoms in total. The zero-order chi connectivity index (χ0) is 12.6. The summed E-state index contributed by atoms with van der Waals surface area (Å²) in [6.45, 7) is 6.04. The highest BCUT2D eigenvalue weighted by molar-refractivity contribution is 5.85. The van der Waals surface area contributed by atoms with Gasteiger partial charge in [0.15, 0.2) is 0 Å². The fourth-order valence-corrected chi connectivity index (χ4v) is 0.883. The van der Waals surface area contributed by atoms with Gasteiger partial charge in [-0.3, -0.25) is 0 Å². The van der Waals surface area contributed by atoms with Crippen LogP contribution in [0, 0.1) is 5.92 Å². The average Bonchev–Trinajstić information content (AvgIpc) is 2.23. The summed E-state index contributed by atoms with van der Waals surface area (Å²) in [5.41, 5.74) is 5.34. The lowest BCUT2D eigenvalue weighted by molar-refractivity contribution is -0.145. The van der Waals surface area contributed by atoms with E-state index < -0.39 is 18.1 Å². The Bertz CT molecular complexity index is 236. The van der Waals surface area contributed by atoms with Crippen LogP contribution in [0.3, 0.4) is 0 Å². The molecule has 0 spiro atoms. The molecule has 7 heteroatoms. The van der Waals surface area contributed by atoms with Crippen molar-refractivity contribution in [2.45, 2.75) is 26.8 Å². The molecule has 1 atom stereocenters. The van der Waals surface area contributed by atoms with Gasteiger partial charge in [-0.2, -0.15) is 0 Å². The van der Waals surface area contributed by atoms with Crippen LogP contribution in [0.1, 0.15) is 20.8 Å². The minimum atomic E-state index is -0.848. The minimum Gasteiger partial charge on any atom is -0.464 e. The predicted octanol–water partition coefficient (Wildman–Crippen LogP) is 0.681. The molecule has 0 aliphatic rings. The number of carbonyl (C=O) groups is 2. The second-order valence-corrected chi connectivity index (χ2v) is 3.68. The molecule has 0 heterocycles. The van der Waals surface area contributed by atoms with Gasteiger partial charge in [0.05, 0.1) is 13.2 Å². The molecule has 0 aliphatic heterocycles. The van der Waals surface area contributed by atoms with Gasteiger partial charge in [-0.25, -0.2) is 9.59 Å². The van der Waals surface area contributed by atoms with Crippen LogP contribution < -0.4 is 11.1 Å². The Morgan fingerprint density at radius 1 is 1.29 bits per heavy atom. The van der Waals surface area contributed by atoms with E-state index in [-0.39, 0.29) is 31.5 Å². The molecule has 0 rings (SSSR count). The van der Waals surface area contributed by atoms with Crippen molar-refractivity contribution < 1.29 is 19.1 Å². The number of hydrogen-bond acceptors (Lipinski definition) is 5. The molecule has 0 aromatic rings. The lowest BCUT2D eigenvalue weighted by atomic mass is 10.2. The number of ether oxygens (including phenoxy) is 2. The Hall–Kier alpha value is -1.01. The molecular weight excluding hydrogens is 248 g/mol. The second-order valence-electron chi connectivity index (χ2n) is 3.68. The molecule has 0 bridgehead atoms. The van der Waals surface area contributed by atoms with Crippen LogP contribution in [0.15, 0.2) is 0 Å². The van der Waals surface area contributed by atoms with Crippen LogP contribution in [0.2, 0.25) is 0 Å². The van der Waals surface area contributed by atoms with Crippen molar-refractivity contribution in [3.05, 3.63) is 0 Å².